The first-order valence-corrected chi connectivity index (χ1v) is 7.37. The first-order chi connectivity index (χ1) is 8.83. The molecule has 1 atom stereocenters. The summed E-state index contributed by atoms with van der Waals surface area (Å²) in [6.45, 7) is 4.48. The molecule has 0 amide bonds. The predicted octanol–water partition coefficient (Wildman–Crippen LogP) is 3.27. The number of benzene rings is 1. The molecule has 0 aliphatic carbocycles. The Morgan fingerprint density at radius 1 is 1.33 bits per heavy atom. The molecule has 0 radical (unpaired) electrons. The molecule has 2 heterocycles. The van der Waals surface area contributed by atoms with E-state index in [0.717, 1.165) is 17.5 Å². The van der Waals surface area contributed by atoms with Gasteiger partial charge in [-0.25, -0.2) is 4.98 Å². The van der Waals surface area contributed by atoms with Crippen molar-refractivity contribution in [1.82, 2.24) is 10.3 Å². The summed E-state index contributed by atoms with van der Waals surface area (Å²) in [5.74, 6) is 0.799. The fourth-order valence-corrected chi connectivity index (χ4v) is 3.65. The zero-order valence-corrected chi connectivity index (χ0v) is 11.5. The zero-order valence-electron chi connectivity index (χ0n) is 10.6. The Morgan fingerprint density at radius 2 is 2.17 bits per heavy atom. The molecule has 0 spiro atoms. The van der Waals surface area contributed by atoms with Crippen LogP contribution < -0.4 is 5.32 Å². The molecule has 0 saturated carbocycles. The Morgan fingerprint density at radius 3 is 2.89 bits per heavy atom. The minimum atomic E-state index is 0.799. The van der Waals surface area contributed by atoms with Crippen LogP contribution in [0.1, 0.15) is 17.0 Å². The highest BCUT2D eigenvalue weighted by Gasteiger charge is 2.18. The zero-order chi connectivity index (χ0) is 12.4. The molecule has 2 aromatic rings. The van der Waals surface area contributed by atoms with Gasteiger partial charge in [-0.2, -0.15) is 0 Å². The van der Waals surface area contributed by atoms with E-state index >= 15 is 0 Å². The summed E-state index contributed by atoms with van der Waals surface area (Å²) in [7, 11) is 0. The van der Waals surface area contributed by atoms with Crippen molar-refractivity contribution in [3.63, 3.8) is 0 Å². The van der Waals surface area contributed by atoms with Crippen molar-refractivity contribution in [2.45, 2.75) is 19.8 Å². The van der Waals surface area contributed by atoms with Gasteiger partial charge in [0.1, 0.15) is 5.01 Å². The highest BCUT2D eigenvalue weighted by atomic mass is 32.1. The van der Waals surface area contributed by atoms with Crippen LogP contribution in [-0.2, 0) is 6.42 Å². The van der Waals surface area contributed by atoms with Crippen molar-refractivity contribution in [1.29, 1.82) is 0 Å². The lowest BCUT2D eigenvalue weighted by molar-refractivity contribution is 0.583. The second-order valence-electron chi connectivity index (χ2n) is 4.96. The van der Waals surface area contributed by atoms with Crippen LogP contribution in [0.15, 0.2) is 30.3 Å². The number of hydrogen-bond acceptors (Lipinski definition) is 3. The van der Waals surface area contributed by atoms with E-state index in [-0.39, 0.29) is 0 Å². The Bertz CT molecular complexity index is 513. The third kappa shape index (κ3) is 2.47. The molecule has 1 aliphatic heterocycles. The molecule has 1 saturated heterocycles. The SMILES string of the molecule is Cc1nc(-c2ccccc2)sc1CC1CCNC1. The molecule has 1 N–H and O–H groups in total. The second kappa shape index (κ2) is 5.21. The Kier molecular flexibility index (Phi) is 3.43. The van der Waals surface area contributed by atoms with E-state index in [0.29, 0.717) is 0 Å². The summed E-state index contributed by atoms with van der Waals surface area (Å²) < 4.78 is 0. The molecular formula is C15H18N2S. The lowest BCUT2D eigenvalue weighted by atomic mass is 10.0. The van der Waals surface area contributed by atoms with E-state index in [9.17, 15) is 0 Å². The number of nitrogens with one attached hydrogen (secondary N) is 1. The lowest BCUT2D eigenvalue weighted by Crippen LogP contribution is -2.10. The van der Waals surface area contributed by atoms with Gasteiger partial charge in [0.2, 0.25) is 0 Å². The number of nitrogens with zero attached hydrogens (tertiary/aromatic N) is 1. The molecule has 3 rings (SSSR count). The Labute approximate surface area is 112 Å². The van der Waals surface area contributed by atoms with E-state index in [1.54, 1.807) is 0 Å². The summed E-state index contributed by atoms with van der Waals surface area (Å²) in [6.07, 6.45) is 2.49. The van der Waals surface area contributed by atoms with Gasteiger partial charge in [-0.1, -0.05) is 30.3 Å². The first-order valence-electron chi connectivity index (χ1n) is 6.55. The highest BCUT2D eigenvalue weighted by molar-refractivity contribution is 7.15. The van der Waals surface area contributed by atoms with Crippen LogP contribution in [-0.4, -0.2) is 18.1 Å². The highest BCUT2D eigenvalue weighted by Crippen LogP contribution is 2.30. The van der Waals surface area contributed by atoms with Gasteiger partial charge in [-0.05, 0) is 38.8 Å². The number of thiazole rings is 1. The Balaban J connectivity index is 1.82. The van der Waals surface area contributed by atoms with Crippen LogP contribution in [0.4, 0.5) is 0 Å². The molecule has 0 bridgehead atoms. The second-order valence-corrected chi connectivity index (χ2v) is 6.04. The first kappa shape index (κ1) is 11.9. The summed E-state index contributed by atoms with van der Waals surface area (Å²) in [6, 6.07) is 10.5. The standard InChI is InChI=1S/C15H18N2S/c1-11-14(9-12-7-8-16-10-12)18-15(17-11)13-5-3-2-4-6-13/h2-6,12,16H,7-10H2,1H3. The van der Waals surface area contributed by atoms with Crippen LogP contribution in [0.5, 0.6) is 0 Å². The largest absolute Gasteiger partial charge is 0.316 e. The van der Waals surface area contributed by atoms with Crippen molar-refractivity contribution in [3.8, 4) is 10.6 Å². The van der Waals surface area contributed by atoms with E-state index in [1.807, 2.05) is 11.3 Å². The van der Waals surface area contributed by atoms with Gasteiger partial charge in [0.05, 0.1) is 5.69 Å². The van der Waals surface area contributed by atoms with Crippen LogP contribution >= 0.6 is 11.3 Å². The summed E-state index contributed by atoms with van der Waals surface area (Å²) >= 11 is 1.86. The molecule has 1 aliphatic rings. The van der Waals surface area contributed by atoms with Gasteiger partial charge >= 0.3 is 0 Å². The number of aromatic nitrogens is 1. The maximum Gasteiger partial charge on any atom is 0.123 e. The molecule has 1 aromatic heterocycles. The van der Waals surface area contributed by atoms with Gasteiger partial charge in [0.25, 0.3) is 0 Å². The van der Waals surface area contributed by atoms with Crippen molar-refractivity contribution in [3.05, 3.63) is 40.9 Å². The quantitative estimate of drug-likeness (QED) is 0.914. The van der Waals surface area contributed by atoms with Crippen LogP contribution in [0.3, 0.4) is 0 Å². The predicted molar refractivity (Wildman–Crippen MR) is 77.0 cm³/mol. The average Bonchev–Trinajstić information content (AvgIpc) is 3.02. The van der Waals surface area contributed by atoms with Gasteiger partial charge in [-0.3, -0.25) is 0 Å². The van der Waals surface area contributed by atoms with Gasteiger partial charge < -0.3 is 5.32 Å². The van der Waals surface area contributed by atoms with Crippen LogP contribution in [0.2, 0.25) is 0 Å². The molecule has 2 nitrogen and oxygen atoms in total. The van der Waals surface area contributed by atoms with E-state index in [2.05, 4.69) is 42.6 Å². The minimum Gasteiger partial charge on any atom is -0.316 e. The third-order valence-electron chi connectivity index (χ3n) is 3.55. The smallest absolute Gasteiger partial charge is 0.123 e. The summed E-state index contributed by atoms with van der Waals surface area (Å²) in [4.78, 5) is 6.18. The topological polar surface area (TPSA) is 24.9 Å². The van der Waals surface area contributed by atoms with E-state index in [4.69, 9.17) is 4.98 Å². The minimum absolute atomic E-state index is 0.799. The number of aryl methyl sites for hydroxylation is 1. The fourth-order valence-electron chi connectivity index (χ4n) is 2.47. The molecule has 1 fully saturated rings. The van der Waals surface area contributed by atoms with Crippen molar-refractivity contribution in [2.75, 3.05) is 13.1 Å². The molecule has 1 aromatic carbocycles. The maximum atomic E-state index is 4.72. The molecule has 94 valence electrons. The van der Waals surface area contributed by atoms with E-state index < -0.39 is 0 Å². The lowest BCUT2D eigenvalue weighted by Gasteiger charge is -2.05. The van der Waals surface area contributed by atoms with Crippen molar-refractivity contribution in [2.24, 2.45) is 5.92 Å². The number of rotatable bonds is 3. The Hall–Kier alpha value is -1.19. The third-order valence-corrected chi connectivity index (χ3v) is 4.78. The van der Waals surface area contributed by atoms with Gasteiger partial charge in [-0.15, -0.1) is 11.3 Å². The van der Waals surface area contributed by atoms with Gasteiger partial charge in [0.15, 0.2) is 0 Å². The maximum absolute atomic E-state index is 4.72. The van der Waals surface area contributed by atoms with E-state index in [1.165, 1.54) is 35.5 Å². The van der Waals surface area contributed by atoms with Gasteiger partial charge in [0, 0.05) is 10.4 Å². The normalized spacial score (nSPS) is 19.3. The molecular weight excluding hydrogens is 240 g/mol. The number of hydrogen-bond donors (Lipinski definition) is 1. The van der Waals surface area contributed by atoms with Crippen molar-refractivity contribution < 1.29 is 0 Å². The summed E-state index contributed by atoms with van der Waals surface area (Å²) in [5.41, 5.74) is 2.45. The molecule has 3 heteroatoms. The average molecular weight is 258 g/mol. The van der Waals surface area contributed by atoms with Crippen LogP contribution in [0, 0.1) is 12.8 Å². The monoisotopic (exact) mass is 258 g/mol. The molecule has 18 heavy (non-hydrogen) atoms. The summed E-state index contributed by atoms with van der Waals surface area (Å²) in [5, 5.41) is 4.60. The van der Waals surface area contributed by atoms with Crippen LogP contribution in [0.25, 0.3) is 10.6 Å². The molecule has 1 unspecified atom stereocenters. The van der Waals surface area contributed by atoms with Crippen molar-refractivity contribution >= 4 is 11.3 Å². The fraction of sp³-hybridized carbons (Fsp3) is 0.400.